The van der Waals surface area contributed by atoms with Gasteiger partial charge in [0, 0.05) is 24.8 Å². The molecule has 1 fully saturated rings. The molecule has 2 heterocycles. The summed E-state index contributed by atoms with van der Waals surface area (Å²) in [5.41, 5.74) is -0.149. The number of alkyl halides is 3. The first-order valence-electron chi connectivity index (χ1n) is 10.5. The van der Waals surface area contributed by atoms with Gasteiger partial charge in [-0.05, 0) is 50.5 Å². The summed E-state index contributed by atoms with van der Waals surface area (Å²) in [7, 11) is 3.21. The normalized spacial score (nSPS) is 15.8. The van der Waals surface area contributed by atoms with E-state index >= 15 is 0 Å². The summed E-state index contributed by atoms with van der Waals surface area (Å²) in [5.74, 6) is 2.03. The molecule has 1 aromatic carbocycles. The summed E-state index contributed by atoms with van der Waals surface area (Å²) < 4.78 is 56.3. The fraction of sp³-hybridized carbons (Fsp3) is 0.435. The number of rotatable bonds is 8. The molecule has 3 aromatic rings. The van der Waals surface area contributed by atoms with Crippen LogP contribution in [0.4, 0.5) is 19.0 Å². The molecule has 1 aliphatic rings. The number of anilines is 1. The summed E-state index contributed by atoms with van der Waals surface area (Å²) in [6.07, 6.45) is -1.51. The quantitative estimate of drug-likeness (QED) is 0.500. The van der Waals surface area contributed by atoms with Crippen molar-refractivity contribution in [2.24, 2.45) is 0 Å². The first-order chi connectivity index (χ1) is 15.6. The number of ether oxygens (including phenoxy) is 3. The average Bonchev–Trinajstić information content (AvgIpc) is 3.57. The summed E-state index contributed by atoms with van der Waals surface area (Å²) in [6.45, 7) is 3.89. The maximum absolute atomic E-state index is 13.1. The second kappa shape index (κ2) is 8.66. The van der Waals surface area contributed by atoms with Crippen LogP contribution < -0.4 is 14.8 Å². The number of nitrogens with one attached hydrogen (secondary N) is 1. The van der Waals surface area contributed by atoms with Crippen molar-refractivity contribution in [1.29, 1.82) is 0 Å². The summed E-state index contributed by atoms with van der Waals surface area (Å²) in [5, 5.41) is 3.88. The summed E-state index contributed by atoms with van der Waals surface area (Å²) in [4.78, 5) is 12.4. The van der Waals surface area contributed by atoms with Gasteiger partial charge >= 0.3 is 6.18 Å². The molecule has 7 nitrogen and oxygen atoms in total. The second-order valence-corrected chi connectivity index (χ2v) is 8.15. The van der Waals surface area contributed by atoms with Crippen molar-refractivity contribution in [2.45, 2.75) is 44.5 Å². The number of fused-ring (bicyclic) bond motifs is 1. The Bertz CT molecular complexity index is 1170. The van der Waals surface area contributed by atoms with Gasteiger partial charge in [-0.1, -0.05) is 0 Å². The largest absolute Gasteiger partial charge is 0.493 e. The van der Waals surface area contributed by atoms with Crippen LogP contribution in [0.1, 0.15) is 42.9 Å². The molecule has 1 N–H and O–H groups in total. The number of methoxy groups -OCH3 is 2. The Morgan fingerprint density at radius 2 is 1.88 bits per heavy atom. The van der Waals surface area contributed by atoms with Crippen molar-refractivity contribution in [3.8, 4) is 11.5 Å². The summed E-state index contributed by atoms with van der Waals surface area (Å²) >= 11 is 0. The van der Waals surface area contributed by atoms with Crippen LogP contribution in [0.5, 0.6) is 11.5 Å². The molecule has 0 saturated heterocycles. The Kier molecular flexibility index (Phi) is 6.04. The second-order valence-electron chi connectivity index (χ2n) is 8.15. The molecule has 4 rings (SSSR count). The molecule has 0 bridgehead atoms. The third-order valence-electron chi connectivity index (χ3n) is 5.75. The Labute approximate surface area is 189 Å². The number of aryl methyl sites for hydroxylation is 1. The van der Waals surface area contributed by atoms with E-state index in [1.54, 1.807) is 46.3 Å². The maximum Gasteiger partial charge on any atom is 0.433 e. The van der Waals surface area contributed by atoms with Gasteiger partial charge in [0.05, 0.1) is 18.7 Å². The number of hydrogen-bond acceptors (Lipinski definition) is 7. The van der Waals surface area contributed by atoms with E-state index in [4.69, 9.17) is 14.2 Å². The van der Waals surface area contributed by atoms with Gasteiger partial charge in [-0.15, -0.1) is 0 Å². The number of halogens is 3. The molecule has 10 heteroatoms. The molecule has 1 aliphatic carbocycles. The number of pyridine rings is 1. The van der Waals surface area contributed by atoms with E-state index in [0.717, 1.165) is 25.1 Å². The zero-order valence-corrected chi connectivity index (χ0v) is 18.8. The molecule has 1 saturated carbocycles. The molecule has 1 atom stereocenters. The zero-order valence-electron chi connectivity index (χ0n) is 18.8. The SMILES string of the molecule is COc1cc2nc(C)nc(N[C@H](C)c3ccnc(C(F)(F)F)c3)c2cc1OCC1(OC)CC1. The molecule has 33 heavy (non-hydrogen) atoms. The summed E-state index contributed by atoms with van der Waals surface area (Å²) in [6, 6.07) is 5.64. The van der Waals surface area contributed by atoms with Gasteiger partial charge in [-0.3, -0.25) is 4.98 Å². The lowest BCUT2D eigenvalue weighted by atomic mass is 10.1. The third kappa shape index (κ3) is 4.95. The minimum Gasteiger partial charge on any atom is -0.493 e. The van der Waals surface area contributed by atoms with Gasteiger partial charge in [0.2, 0.25) is 0 Å². The van der Waals surface area contributed by atoms with Crippen molar-refractivity contribution in [2.75, 3.05) is 26.1 Å². The molecule has 0 spiro atoms. The van der Waals surface area contributed by atoms with Gasteiger partial charge in [-0.25, -0.2) is 9.97 Å². The van der Waals surface area contributed by atoms with Crippen molar-refractivity contribution < 1.29 is 27.4 Å². The van der Waals surface area contributed by atoms with E-state index in [0.29, 0.717) is 46.2 Å². The maximum atomic E-state index is 13.1. The van der Waals surface area contributed by atoms with Crippen molar-refractivity contribution in [3.63, 3.8) is 0 Å². The number of nitrogens with zero attached hydrogens (tertiary/aromatic N) is 3. The molecule has 176 valence electrons. The molecule has 0 unspecified atom stereocenters. The third-order valence-corrected chi connectivity index (χ3v) is 5.75. The minimum absolute atomic E-state index is 0.267. The highest BCUT2D eigenvalue weighted by Gasteiger charge is 2.44. The van der Waals surface area contributed by atoms with E-state index in [1.165, 1.54) is 0 Å². The van der Waals surface area contributed by atoms with Gasteiger partial charge in [0.15, 0.2) is 11.5 Å². The van der Waals surface area contributed by atoms with Crippen LogP contribution in [0.3, 0.4) is 0 Å². The van der Waals surface area contributed by atoms with Crippen LogP contribution in [0.2, 0.25) is 0 Å². The lowest BCUT2D eigenvalue weighted by Gasteiger charge is -2.20. The molecular weight excluding hydrogens is 437 g/mol. The monoisotopic (exact) mass is 462 g/mol. The molecule has 0 aliphatic heterocycles. The van der Waals surface area contributed by atoms with E-state index in [-0.39, 0.29) is 5.60 Å². The van der Waals surface area contributed by atoms with Crippen molar-refractivity contribution in [3.05, 3.63) is 47.5 Å². The highest BCUT2D eigenvalue weighted by Crippen LogP contribution is 2.41. The molecule has 0 radical (unpaired) electrons. The highest BCUT2D eigenvalue weighted by molar-refractivity contribution is 5.92. The Morgan fingerprint density at radius 1 is 1.12 bits per heavy atom. The van der Waals surface area contributed by atoms with E-state index in [1.807, 2.05) is 0 Å². The zero-order chi connectivity index (χ0) is 23.8. The Balaban J connectivity index is 1.67. The lowest BCUT2D eigenvalue weighted by Crippen LogP contribution is -2.21. The molecule has 2 aromatic heterocycles. The predicted octanol–water partition coefficient (Wildman–Crippen LogP) is 5.09. The fourth-order valence-corrected chi connectivity index (χ4v) is 3.55. The van der Waals surface area contributed by atoms with E-state index in [9.17, 15) is 13.2 Å². The minimum atomic E-state index is -4.52. The standard InChI is InChI=1S/C23H25F3N4O3/c1-13(15-5-8-27-20(9-15)23(24,25)26)28-21-16-10-19(33-12-22(32-4)6-7-22)18(31-3)11-17(16)29-14(2)30-21/h5,8-11,13H,6-7,12H2,1-4H3,(H,28,29,30)/t13-/m1/s1. The number of aromatic nitrogens is 3. The molecule has 0 amide bonds. The van der Waals surface area contributed by atoms with Crippen LogP contribution in [-0.4, -0.2) is 41.4 Å². The highest BCUT2D eigenvalue weighted by atomic mass is 19.4. The average molecular weight is 462 g/mol. The van der Waals surface area contributed by atoms with Gasteiger partial charge < -0.3 is 19.5 Å². The number of benzene rings is 1. The van der Waals surface area contributed by atoms with Crippen LogP contribution in [0.15, 0.2) is 30.5 Å². The van der Waals surface area contributed by atoms with Gasteiger partial charge in [0.25, 0.3) is 0 Å². The van der Waals surface area contributed by atoms with Crippen LogP contribution in [-0.2, 0) is 10.9 Å². The van der Waals surface area contributed by atoms with Crippen molar-refractivity contribution in [1.82, 2.24) is 15.0 Å². The number of hydrogen-bond donors (Lipinski definition) is 1. The lowest BCUT2D eigenvalue weighted by molar-refractivity contribution is -0.141. The van der Waals surface area contributed by atoms with Crippen LogP contribution in [0.25, 0.3) is 10.9 Å². The van der Waals surface area contributed by atoms with Gasteiger partial charge in [-0.2, -0.15) is 13.2 Å². The molecular formula is C23H25F3N4O3. The van der Waals surface area contributed by atoms with Crippen molar-refractivity contribution >= 4 is 16.7 Å². The smallest absolute Gasteiger partial charge is 0.433 e. The van der Waals surface area contributed by atoms with E-state index in [2.05, 4.69) is 20.3 Å². The fourth-order valence-electron chi connectivity index (χ4n) is 3.55. The first-order valence-corrected chi connectivity index (χ1v) is 10.5. The Morgan fingerprint density at radius 3 is 2.52 bits per heavy atom. The van der Waals surface area contributed by atoms with E-state index < -0.39 is 17.9 Å². The van der Waals surface area contributed by atoms with Gasteiger partial charge in [0.1, 0.15) is 29.5 Å². The van der Waals surface area contributed by atoms with Crippen LogP contribution >= 0.6 is 0 Å². The Hall–Kier alpha value is -3.14. The topological polar surface area (TPSA) is 78.4 Å². The van der Waals surface area contributed by atoms with Crippen LogP contribution in [0, 0.1) is 6.92 Å². The first kappa shape index (κ1) is 23.0. The predicted molar refractivity (Wildman–Crippen MR) is 117 cm³/mol.